The SMILES string of the molecule is CC(CCOCO)CCc1ccc(Cl)cc1Cl. The van der Waals surface area contributed by atoms with E-state index in [1.807, 2.05) is 12.1 Å². The molecule has 1 unspecified atom stereocenters. The maximum Gasteiger partial charge on any atom is 0.143 e. The molecule has 0 radical (unpaired) electrons. The van der Waals surface area contributed by atoms with E-state index in [0.717, 1.165) is 29.8 Å². The quantitative estimate of drug-likeness (QED) is 0.604. The highest BCUT2D eigenvalue weighted by molar-refractivity contribution is 6.35. The molecule has 0 saturated heterocycles. The van der Waals surface area contributed by atoms with Gasteiger partial charge in [0.05, 0.1) is 0 Å². The zero-order chi connectivity index (χ0) is 12.7. The molecule has 0 aromatic heterocycles. The molecule has 1 aromatic carbocycles. The zero-order valence-corrected chi connectivity index (χ0v) is 11.5. The van der Waals surface area contributed by atoms with E-state index in [4.69, 9.17) is 33.0 Å². The van der Waals surface area contributed by atoms with Crippen LogP contribution >= 0.6 is 23.2 Å². The minimum Gasteiger partial charge on any atom is -0.371 e. The Hall–Kier alpha value is -0.280. The molecule has 0 saturated carbocycles. The van der Waals surface area contributed by atoms with Crippen LogP contribution in [-0.2, 0) is 11.2 Å². The van der Waals surface area contributed by atoms with Gasteiger partial charge in [-0.05, 0) is 42.9 Å². The number of hydrogen-bond donors (Lipinski definition) is 1. The second-order valence-electron chi connectivity index (χ2n) is 4.21. The molecule has 1 aromatic rings. The third kappa shape index (κ3) is 5.73. The fraction of sp³-hybridized carbons (Fsp3) is 0.538. The lowest BCUT2D eigenvalue weighted by Gasteiger charge is -2.11. The van der Waals surface area contributed by atoms with Gasteiger partial charge in [-0.25, -0.2) is 0 Å². The van der Waals surface area contributed by atoms with Crippen LogP contribution in [0.5, 0.6) is 0 Å². The molecule has 1 atom stereocenters. The van der Waals surface area contributed by atoms with Crippen molar-refractivity contribution in [1.29, 1.82) is 0 Å². The number of benzene rings is 1. The average Bonchev–Trinajstić information content (AvgIpc) is 2.28. The van der Waals surface area contributed by atoms with Gasteiger partial charge in [-0.15, -0.1) is 0 Å². The summed E-state index contributed by atoms with van der Waals surface area (Å²) in [7, 11) is 0. The molecule has 2 nitrogen and oxygen atoms in total. The van der Waals surface area contributed by atoms with E-state index in [0.29, 0.717) is 17.5 Å². The van der Waals surface area contributed by atoms with Crippen molar-refractivity contribution in [3.8, 4) is 0 Å². The highest BCUT2D eigenvalue weighted by atomic mass is 35.5. The monoisotopic (exact) mass is 276 g/mol. The Labute approximate surface area is 113 Å². The fourth-order valence-electron chi connectivity index (χ4n) is 1.62. The Morgan fingerprint density at radius 1 is 1.29 bits per heavy atom. The lowest BCUT2D eigenvalue weighted by Crippen LogP contribution is -2.04. The first kappa shape index (κ1) is 14.8. The van der Waals surface area contributed by atoms with E-state index in [1.165, 1.54) is 0 Å². The van der Waals surface area contributed by atoms with Gasteiger partial charge in [-0.3, -0.25) is 0 Å². The van der Waals surface area contributed by atoms with Crippen LogP contribution in [0.4, 0.5) is 0 Å². The molecule has 96 valence electrons. The minimum atomic E-state index is -0.199. The van der Waals surface area contributed by atoms with Gasteiger partial charge in [0.2, 0.25) is 0 Å². The standard InChI is InChI=1S/C13H18Cl2O2/c1-10(6-7-17-9-16)2-3-11-4-5-12(14)8-13(11)15/h4-5,8,10,16H,2-3,6-7,9H2,1H3. The number of aliphatic hydroxyl groups excluding tert-OH is 1. The lowest BCUT2D eigenvalue weighted by molar-refractivity contribution is -0.00620. The molecular formula is C13H18Cl2O2. The molecule has 1 rings (SSSR count). The summed E-state index contributed by atoms with van der Waals surface area (Å²) in [4.78, 5) is 0. The highest BCUT2D eigenvalue weighted by Gasteiger charge is 2.06. The second-order valence-corrected chi connectivity index (χ2v) is 5.05. The molecule has 0 amide bonds. The summed E-state index contributed by atoms with van der Waals surface area (Å²) in [6.45, 7) is 2.58. The number of hydrogen-bond acceptors (Lipinski definition) is 2. The van der Waals surface area contributed by atoms with Gasteiger partial charge in [0.25, 0.3) is 0 Å². The topological polar surface area (TPSA) is 29.5 Å². The van der Waals surface area contributed by atoms with Crippen LogP contribution in [0.15, 0.2) is 18.2 Å². The maximum absolute atomic E-state index is 8.50. The normalized spacial score (nSPS) is 12.7. The van der Waals surface area contributed by atoms with Gasteiger partial charge in [0.1, 0.15) is 6.79 Å². The number of ether oxygens (including phenoxy) is 1. The summed E-state index contributed by atoms with van der Waals surface area (Å²) in [6.07, 6.45) is 2.94. The Balaban J connectivity index is 2.34. The minimum absolute atomic E-state index is 0.199. The third-order valence-electron chi connectivity index (χ3n) is 2.77. The molecule has 0 bridgehead atoms. The van der Waals surface area contributed by atoms with Crippen LogP contribution < -0.4 is 0 Å². The number of rotatable bonds is 7. The van der Waals surface area contributed by atoms with Crippen molar-refractivity contribution in [3.05, 3.63) is 33.8 Å². The van der Waals surface area contributed by atoms with Crippen molar-refractivity contribution >= 4 is 23.2 Å². The van der Waals surface area contributed by atoms with Gasteiger partial charge < -0.3 is 9.84 Å². The van der Waals surface area contributed by atoms with E-state index in [2.05, 4.69) is 6.92 Å². The number of aliphatic hydroxyl groups is 1. The molecule has 0 spiro atoms. The molecule has 0 aliphatic carbocycles. The van der Waals surface area contributed by atoms with Crippen molar-refractivity contribution in [2.24, 2.45) is 5.92 Å². The molecular weight excluding hydrogens is 259 g/mol. The first-order valence-corrected chi connectivity index (χ1v) is 6.51. The van der Waals surface area contributed by atoms with Crippen molar-refractivity contribution in [3.63, 3.8) is 0 Å². The van der Waals surface area contributed by atoms with Gasteiger partial charge in [0.15, 0.2) is 0 Å². The van der Waals surface area contributed by atoms with E-state index in [-0.39, 0.29) is 6.79 Å². The largest absolute Gasteiger partial charge is 0.371 e. The number of aryl methyl sites for hydroxylation is 1. The summed E-state index contributed by atoms with van der Waals surface area (Å²) in [5.41, 5.74) is 1.13. The van der Waals surface area contributed by atoms with E-state index < -0.39 is 0 Å². The van der Waals surface area contributed by atoms with E-state index in [9.17, 15) is 0 Å². The molecule has 1 N–H and O–H groups in total. The summed E-state index contributed by atoms with van der Waals surface area (Å²) in [5.74, 6) is 0.549. The molecule has 0 fully saturated rings. The fourth-order valence-corrected chi connectivity index (χ4v) is 2.12. The van der Waals surface area contributed by atoms with Gasteiger partial charge in [-0.1, -0.05) is 36.2 Å². The Morgan fingerprint density at radius 2 is 2.06 bits per heavy atom. The van der Waals surface area contributed by atoms with Gasteiger partial charge in [-0.2, -0.15) is 0 Å². The first-order valence-electron chi connectivity index (χ1n) is 5.76. The predicted octanol–water partition coefficient (Wildman–Crippen LogP) is 3.92. The molecule has 4 heteroatoms. The average molecular weight is 277 g/mol. The summed E-state index contributed by atoms with van der Waals surface area (Å²) in [5, 5.41) is 9.90. The summed E-state index contributed by atoms with van der Waals surface area (Å²) < 4.78 is 4.91. The van der Waals surface area contributed by atoms with Gasteiger partial charge in [0, 0.05) is 16.7 Å². The second kappa shape index (κ2) is 7.93. The van der Waals surface area contributed by atoms with Crippen LogP contribution in [0.25, 0.3) is 0 Å². The predicted molar refractivity (Wildman–Crippen MR) is 71.6 cm³/mol. The van der Waals surface area contributed by atoms with Crippen LogP contribution in [0.3, 0.4) is 0 Å². The molecule has 0 heterocycles. The van der Waals surface area contributed by atoms with Gasteiger partial charge >= 0.3 is 0 Å². The molecule has 0 aliphatic rings. The van der Waals surface area contributed by atoms with Crippen molar-refractivity contribution < 1.29 is 9.84 Å². The van der Waals surface area contributed by atoms with Crippen LogP contribution in [0.2, 0.25) is 10.0 Å². The Bertz CT molecular complexity index is 342. The number of halogens is 2. The van der Waals surface area contributed by atoms with Crippen molar-refractivity contribution in [2.75, 3.05) is 13.4 Å². The molecule has 17 heavy (non-hydrogen) atoms. The maximum atomic E-state index is 8.50. The summed E-state index contributed by atoms with van der Waals surface area (Å²) in [6, 6.07) is 5.61. The van der Waals surface area contributed by atoms with E-state index in [1.54, 1.807) is 6.07 Å². The smallest absolute Gasteiger partial charge is 0.143 e. The van der Waals surface area contributed by atoms with Crippen LogP contribution in [0.1, 0.15) is 25.3 Å². The van der Waals surface area contributed by atoms with Crippen LogP contribution in [0, 0.1) is 5.92 Å². The Kier molecular flexibility index (Phi) is 6.90. The first-order chi connectivity index (χ1) is 8.13. The van der Waals surface area contributed by atoms with Crippen LogP contribution in [-0.4, -0.2) is 18.5 Å². The van der Waals surface area contributed by atoms with E-state index >= 15 is 0 Å². The Morgan fingerprint density at radius 3 is 2.71 bits per heavy atom. The molecule has 0 aliphatic heterocycles. The van der Waals surface area contributed by atoms with Crippen molar-refractivity contribution in [2.45, 2.75) is 26.2 Å². The highest BCUT2D eigenvalue weighted by Crippen LogP contribution is 2.23. The zero-order valence-electron chi connectivity index (χ0n) is 9.96. The van der Waals surface area contributed by atoms with Crippen molar-refractivity contribution in [1.82, 2.24) is 0 Å². The third-order valence-corrected chi connectivity index (χ3v) is 3.35. The lowest BCUT2D eigenvalue weighted by atomic mass is 9.98. The summed E-state index contributed by atoms with van der Waals surface area (Å²) >= 11 is 11.9.